The number of anilines is 2. The molecule has 0 aromatic heterocycles. The number of benzene rings is 1. The molecule has 2 unspecified atom stereocenters. The highest BCUT2D eigenvalue weighted by atomic mass is 19.1. The fraction of sp³-hybridized carbons (Fsp3) is 0.538. The number of hydrogen-bond acceptors (Lipinski definition) is 2. The van der Waals surface area contributed by atoms with Crippen LogP contribution in [0.15, 0.2) is 18.2 Å². The second-order valence-electron chi connectivity index (χ2n) is 4.61. The predicted molar refractivity (Wildman–Crippen MR) is 66.1 cm³/mol. The Kier molecular flexibility index (Phi) is 3.03. The molecule has 1 aliphatic heterocycles. The fourth-order valence-corrected chi connectivity index (χ4v) is 2.64. The van der Waals surface area contributed by atoms with E-state index in [1.165, 1.54) is 6.07 Å². The Bertz CT molecular complexity index is 378. The van der Waals surface area contributed by atoms with E-state index < -0.39 is 0 Å². The van der Waals surface area contributed by atoms with Crippen molar-refractivity contribution in [2.75, 3.05) is 10.6 Å². The van der Waals surface area contributed by atoms with Gasteiger partial charge in [0.15, 0.2) is 0 Å². The van der Waals surface area contributed by atoms with E-state index >= 15 is 0 Å². The lowest BCUT2D eigenvalue weighted by Gasteiger charge is -2.30. The van der Waals surface area contributed by atoms with Gasteiger partial charge in [0.05, 0.1) is 5.69 Å². The van der Waals surface area contributed by atoms with Crippen LogP contribution in [0.3, 0.4) is 0 Å². The highest BCUT2D eigenvalue weighted by Gasteiger charge is 2.30. The molecule has 1 saturated heterocycles. The fourth-order valence-electron chi connectivity index (χ4n) is 2.64. The smallest absolute Gasteiger partial charge is 0.148 e. The van der Waals surface area contributed by atoms with Crippen LogP contribution in [-0.2, 0) is 0 Å². The first kappa shape index (κ1) is 11.2. The van der Waals surface area contributed by atoms with Gasteiger partial charge in [-0.1, -0.05) is 6.92 Å². The van der Waals surface area contributed by atoms with Crippen LogP contribution >= 0.6 is 0 Å². The van der Waals surface area contributed by atoms with Crippen LogP contribution in [0, 0.1) is 5.82 Å². The molecule has 2 atom stereocenters. The van der Waals surface area contributed by atoms with Crippen LogP contribution in [0.5, 0.6) is 0 Å². The third kappa shape index (κ3) is 1.86. The van der Waals surface area contributed by atoms with Gasteiger partial charge in [-0.2, -0.15) is 0 Å². The van der Waals surface area contributed by atoms with Crippen LogP contribution in [-0.4, -0.2) is 12.1 Å². The van der Waals surface area contributed by atoms with E-state index in [1.807, 2.05) is 0 Å². The van der Waals surface area contributed by atoms with Crippen molar-refractivity contribution >= 4 is 11.4 Å². The van der Waals surface area contributed by atoms with Gasteiger partial charge in [-0.25, -0.2) is 4.39 Å². The standard InChI is InChI=1S/C13H19FN2/c1-3-11-6-4-9(2)16(11)13-7-5-10(15)8-12(13)14/h5,7-9,11H,3-4,6,15H2,1-2H3. The van der Waals surface area contributed by atoms with E-state index in [4.69, 9.17) is 5.73 Å². The maximum Gasteiger partial charge on any atom is 0.148 e. The van der Waals surface area contributed by atoms with E-state index in [1.54, 1.807) is 12.1 Å². The second-order valence-corrected chi connectivity index (χ2v) is 4.61. The zero-order valence-corrected chi connectivity index (χ0v) is 9.91. The number of nitrogens with two attached hydrogens (primary N) is 1. The minimum atomic E-state index is -0.202. The zero-order valence-electron chi connectivity index (χ0n) is 9.91. The number of rotatable bonds is 2. The molecule has 1 aromatic carbocycles. The van der Waals surface area contributed by atoms with Gasteiger partial charge in [-0.05, 0) is 44.4 Å². The summed E-state index contributed by atoms with van der Waals surface area (Å²) in [5, 5.41) is 0. The van der Waals surface area contributed by atoms with Crippen molar-refractivity contribution in [1.82, 2.24) is 0 Å². The molecule has 0 saturated carbocycles. The summed E-state index contributed by atoms with van der Waals surface area (Å²) in [5.41, 5.74) is 6.76. The number of hydrogen-bond donors (Lipinski definition) is 1. The summed E-state index contributed by atoms with van der Waals surface area (Å²) >= 11 is 0. The first-order valence-electron chi connectivity index (χ1n) is 5.96. The normalized spacial score (nSPS) is 25.1. The van der Waals surface area contributed by atoms with E-state index in [9.17, 15) is 4.39 Å². The Hall–Kier alpha value is -1.25. The molecule has 3 heteroatoms. The summed E-state index contributed by atoms with van der Waals surface area (Å²) in [4.78, 5) is 2.20. The van der Waals surface area contributed by atoms with Crippen molar-refractivity contribution in [3.05, 3.63) is 24.0 Å². The summed E-state index contributed by atoms with van der Waals surface area (Å²) in [5.74, 6) is -0.202. The van der Waals surface area contributed by atoms with Crippen molar-refractivity contribution in [2.24, 2.45) is 0 Å². The van der Waals surface area contributed by atoms with Gasteiger partial charge in [-0.15, -0.1) is 0 Å². The van der Waals surface area contributed by atoms with Gasteiger partial charge in [0.1, 0.15) is 5.82 Å². The summed E-state index contributed by atoms with van der Waals surface area (Å²) in [7, 11) is 0. The van der Waals surface area contributed by atoms with E-state index in [-0.39, 0.29) is 5.82 Å². The Labute approximate surface area is 96.2 Å². The molecular weight excluding hydrogens is 203 g/mol. The van der Waals surface area contributed by atoms with Crippen LogP contribution in [0.2, 0.25) is 0 Å². The first-order chi connectivity index (χ1) is 7.63. The molecule has 1 aliphatic rings. The van der Waals surface area contributed by atoms with E-state index in [0.717, 1.165) is 19.3 Å². The maximum absolute atomic E-state index is 13.9. The van der Waals surface area contributed by atoms with Crippen molar-refractivity contribution in [3.63, 3.8) is 0 Å². The summed E-state index contributed by atoms with van der Waals surface area (Å²) in [6.07, 6.45) is 3.36. The van der Waals surface area contributed by atoms with Gasteiger partial charge in [0.2, 0.25) is 0 Å². The third-order valence-electron chi connectivity index (χ3n) is 3.51. The molecule has 0 bridgehead atoms. The van der Waals surface area contributed by atoms with Gasteiger partial charge in [0, 0.05) is 17.8 Å². The molecule has 1 fully saturated rings. The number of nitrogen functional groups attached to an aromatic ring is 1. The largest absolute Gasteiger partial charge is 0.399 e. The van der Waals surface area contributed by atoms with Gasteiger partial charge >= 0.3 is 0 Å². The average molecular weight is 222 g/mol. The Morgan fingerprint density at radius 1 is 1.44 bits per heavy atom. The monoisotopic (exact) mass is 222 g/mol. The molecule has 2 nitrogen and oxygen atoms in total. The second kappa shape index (κ2) is 4.32. The zero-order chi connectivity index (χ0) is 11.7. The minimum Gasteiger partial charge on any atom is -0.399 e. The SMILES string of the molecule is CCC1CCC(C)N1c1ccc(N)cc1F. The minimum absolute atomic E-state index is 0.202. The molecule has 0 aliphatic carbocycles. The Morgan fingerprint density at radius 2 is 2.19 bits per heavy atom. The number of nitrogens with zero attached hydrogens (tertiary/aromatic N) is 1. The lowest BCUT2D eigenvalue weighted by Crippen LogP contribution is -2.34. The van der Waals surface area contributed by atoms with E-state index in [2.05, 4.69) is 18.7 Å². The van der Waals surface area contributed by atoms with Crippen LogP contribution in [0.4, 0.5) is 15.8 Å². The van der Waals surface area contributed by atoms with Crippen molar-refractivity contribution in [2.45, 2.75) is 45.2 Å². The summed E-state index contributed by atoms with van der Waals surface area (Å²) in [6, 6.07) is 5.87. The van der Waals surface area contributed by atoms with Crippen molar-refractivity contribution in [1.29, 1.82) is 0 Å². The molecule has 16 heavy (non-hydrogen) atoms. The molecule has 88 valence electrons. The lowest BCUT2D eigenvalue weighted by atomic mass is 10.1. The molecule has 2 rings (SSSR count). The van der Waals surface area contributed by atoms with Crippen LogP contribution in [0.25, 0.3) is 0 Å². The Morgan fingerprint density at radius 3 is 2.81 bits per heavy atom. The Balaban J connectivity index is 2.34. The lowest BCUT2D eigenvalue weighted by molar-refractivity contribution is 0.582. The highest BCUT2D eigenvalue weighted by molar-refractivity contribution is 5.56. The summed E-state index contributed by atoms with van der Waals surface area (Å²) < 4.78 is 13.9. The third-order valence-corrected chi connectivity index (χ3v) is 3.51. The molecular formula is C13H19FN2. The first-order valence-corrected chi connectivity index (χ1v) is 5.96. The maximum atomic E-state index is 13.9. The van der Waals surface area contributed by atoms with Crippen molar-refractivity contribution in [3.8, 4) is 0 Å². The molecule has 0 radical (unpaired) electrons. The van der Waals surface area contributed by atoms with E-state index in [0.29, 0.717) is 23.5 Å². The topological polar surface area (TPSA) is 29.3 Å². The highest BCUT2D eigenvalue weighted by Crippen LogP contribution is 2.34. The molecule has 1 aromatic rings. The molecule has 2 N–H and O–H groups in total. The van der Waals surface area contributed by atoms with Gasteiger partial charge < -0.3 is 10.6 Å². The quantitative estimate of drug-likeness (QED) is 0.779. The molecule has 1 heterocycles. The summed E-state index contributed by atoms with van der Waals surface area (Å²) in [6.45, 7) is 4.32. The average Bonchev–Trinajstić information content (AvgIpc) is 2.60. The van der Waals surface area contributed by atoms with Gasteiger partial charge in [-0.3, -0.25) is 0 Å². The van der Waals surface area contributed by atoms with Crippen LogP contribution in [0.1, 0.15) is 33.1 Å². The van der Waals surface area contributed by atoms with Crippen molar-refractivity contribution < 1.29 is 4.39 Å². The molecule has 0 amide bonds. The van der Waals surface area contributed by atoms with Crippen LogP contribution < -0.4 is 10.6 Å². The molecule has 0 spiro atoms. The number of halogens is 1. The predicted octanol–water partition coefficient (Wildman–Crippen LogP) is 3.18. The van der Waals surface area contributed by atoms with Gasteiger partial charge in [0.25, 0.3) is 0 Å².